The van der Waals surface area contributed by atoms with Crippen LogP contribution in [-0.4, -0.2) is 12.6 Å². The number of nitrogens with two attached hydrogens (primary N) is 1. The molecule has 0 radical (unpaired) electrons. The van der Waals surface area contributed by atoms with E-state index in [4.69, 9.17) is 17.3 Å². The molecule has 0 spiro atoms. The second-order valence-electron chi connectivity index (χ2n) is 4.95. The van der Waals surface area contributed by atoms with E-state index >= 15 is 0 Å². The topological polar surface area (TPSA) is 29.3 Å². The lowest BCUT2D eigenvalue weighted by Gasteiger charge is -2.31. The maximum Gasteiger partial charge on any atom is 0.0643 e. The molecule has 0 aliphatic carbocycles. The number of rotatable bonds is 7. The number of nitrogens with zero attached hydrogens (tertiary/aromatic N) is 1. The Labute approximate surface area is 116 Å². The molecule has 0 aliphatic rings. The second kappa shape index (κ2) is 7.65. The Kier molecular flexibility index (Phi) is 6.51. The summed E-state index contributed by atoms with van der Waals surface area (Å²) in [5.74, 6) is 0. The molecule has 1 rings (SSSR count). The first-order valence-corrected chi connectivity index (χ1v) is 7.23. The van der Waals surface area contributed by atoms with Crippen LogP contribution in [0.4, 0.5) is 5.69 Å². The fourth-order valence-electron chi connectivity index (χ4n) is 2.21. The Morgan fingerprint density at radius 2 is 2.00 bits per heavy atom. The first-order chi connectivity index (χ1) is 8.61. The van der Waals surface area contributed by atoms with E-state index < -0.39 is 0 Å². The normalized spacial score (nSPS) is 11.0. The molecule has 102 valence electrons. The van der Waals surface area contributed by atoms with E-state index in [9.17, 15) is 0 Å². The van der Waals surface area contributed by atoms with Crippen LogP contribution in [0.5, 0.6) is 0 Å². The maximum atomic E-state index is 6.36. The molecular formula is C15H25ClN2. The summed E-state index contributed by atoms with van der Waals surface area (Å²) < 4.78 is 0. The van der Waals surface area contributed by atoms with Crippen molar-refractivity contribution in [3.63, 3.8) is 0 Å². The van der Waals surface area contributed by atoms with Gasteiger partial charge in [0.2, 0.25) is 0 Å². The molecule has 2 N–H and O–H groups in total. The van der Waals surface area contributed by atoms with E-state index in [2.05, 4.69) is 31.7 Å². The van der Waals surface area contributed by atoms with Gasteiger partial charge in [-0.15, -0.1) is 0 Å². The fraction of sp³-hybridized carbons (Fsp3) is 0.600. The zero-order valence-corrected chi connectivity index (χ0v) is 12.5. The van der Waals surface area contributed by atoms with Gasteiger partial charge >= 0.3 is 0 Å². The van der Waals surface area contributed by atoms with Crippen molar-refractivity contribution in [2.75, 3.05) is 11.4 Å². The summed E-state index contributed by atoms with van der Waals surface area (Å²) in [5, 5.41) is 0.808. The summed E-state index contributed by atoms with van der Waals surface area (Å²) in [6.45, 7) is 8.21. The van der Waals surface area contributed by atoms with Gasteiger partial charge in [-0.2, -0.15) is 0 Å². The van der Waals surface area contributed by atoms with Gasteiger partial charge in [-0.3, -0.25) is 0 Å². The van der Waals surface area contributed by atoms with Crippen molar-refractivity contribution in [2.24, 2.45) is 5.73 Å². The highest BCUT2D eigenvalue weighted by Crippen LogP contribution is 2.31. The van der Waals surface area contributed by atoms with E-state index in [0.717, 1.165) is 22.8 Å². The maximum absolute atomic E-state index is 6.36. The minimum absolute atomic E-state index is 0.437. The quantitative estimate of drug-likeness (QED) is 0.751. The molecule has 1 aromatic rings. The molecule has 0 amide bonds. The number of para-hydroxylation sites is 1. The zero-order valence-electron chi connectivity index (χ0n) is 11.7. The molecule has 0 aromatic heterocycles. The van der Waals surface area contributed by atoms with Gasteiger partial charge in [0.15, 0.2) is 0 Å². The number of hydrogen-bond donors (Lipinski definition) is 1. The highest BCUT2D eigenvalue weighted by molar-refractivity contribution is 6.33. The summed E-state index contributed by atoms with van der Waals surface area (Å²) in [7, 11) is 0. The Morgan fingerprint density at radius 1 is 1.28 bits per heavy atom. The monoisotopic (exact) mass is 268 g/mol. The van der Waals surface area contributed by atoms with Crippen LogP contribution >= 0.6 is 11.6 Å². The second-order valence-corrected chi connectivity index (χ2v) is 5.35. The van der Waals surface area contributed by atoms with Gasteiger partial charge in [0.1, 0.15) is 0 Å². The lowest BCUT2D eigenvalue weighted by molar-refractivity contribution is 0.624. The standard InChI is InChI=1S/C15H25ClN2/c1-4-5-6-10-18(12(2)3)15-13(11-17)8-7-9-14(15)16/h7-9,12H,4-6,10-11,17H2,1-3H3. The van der Waals surface area contributed by atoms with Gasteiger partial charge in [-0.25, -0.2) is 0 Å². The van der Waals surface area contributed by atoms with E-state index in [1.807, 2.05) is 12.1 Å². The number of halogens is 1. The molecule has 0 aliphatic heterocycles. The van der Waals surface area contributed by atoms with Crippen LogP contribution in [0.15, 0.2) is 18.2 Å². The highest BCUT2D eigenvalue weighted by atomic mass is 35.5. The number of hydrogen-bond acceptors (Lipinski definition) is 2. The molecule has 0 bridgehead atoms. The van der Waals surface area contributed by atoms with Gasteiger partial charge in [0.25, 0.3) is 0 Å². The van der Waals surface area contributed by atoms with Gasteiger partial charge in [0.05, 0.1) is 10.7 Å². The average Bonchev–Trinajstić information content (AvgIpc) is 2.35. The van der Waals surface area contributed by atoms with Crippen molar-refractivity contribution in [2.45, 2.75) is 52.6 Å². The van der Waals surface area contributed by atoms with Crippen LogP contribution in [0.2, 0.25) is 5.02 Å². The van der Waals surface area contributed by atoms with Crippen LogP contribution in [-0.2, 0) is 6.54 Å². The van der Waals surface area contributed by atoms with Crippen LogP contribution in [0.1, 0.15) is 45.6 Å². The van der Waals surface area contributed by atoms with Crippen LogP contribution in [0.25, 0.3) is 0 Å². The molecule has 0 saturated heterocycles. The Morgan fingerprint density at radius 3 is 2.56 bits per heavy atom. The molecular weight excluding hydrogens is 244 g/mol. The third kappa shape index (κ3) is 3.89. The van der Waals surface area contributed by atoms with Crippen LogP contribution in [0, 0.1) is 0 Å². The Hall–Kier alpha value is -0.730. The minimum Gasteiger partial charge on any atom is -0.368 e. The van der Waals surface area contributed by atoms with Gasteiger partial charge in [0, 0.05) is 19.1 Å². The first kappa shape index (κ1) is 15.3. The lowest BCUT2D eigenvalue weighted by Crippen LogP contribution is -2.33. The molecule has 0 unspecified atom stereocenters. The predicted octanol–water partition coefficient (Wildman–Crippen LogP) is 4.20. The molecule has 0 atom stereocenters. The zero-order chi connectivity index (χ0) is 13.5. The highest BCUT2D eigenvalue weighted by Gasteiger charge is 2.16. The summed E-state index contributed by atoms with van der Waals surface area (Å²) in [6.07, 6.45) is 3.69. The van der Waals surface area contributed by atoms with Crippen molar-refractivity contribution in [3.05, 3.63) is 28.8 Å². The van der Waals surface area contributed by atoms with Crippen molar-refractivity contribution in [1.82, 2.24) is 0 Å². The molecule has 1 aromatic carbocycles. The fourth-order valence-corrected chi connectivity index (χ4v) is 2.51. The molecule has 2 nitrogen and oxygen atoms in total. The van der Waals surface area contributed by atoms with Crippen molar-refractivity contribution >= 4 is 17.3 Å². The van der Waals surface area contributed by atoms with E-state index in [1.165, 1.54) is 19.3 Å². The Bertz CT molecular complexity index is 364. The molecule has 0 fully saturated rings. The molecule has 0 saturated carbocycles. The number of benzene rings is 1. The third-order valence-corrected chi connectivity index (χ3v) is 3.51. The Balaban J connectivity index is 2.97. The third-order valence-electron chi connectivity index (χ3n) is 3.20. The van der Waals surface area contributed by atoms with Gasteiger partial charge in [-0.05, 0) is 31.9 Å². The largest absolute Gasteiger partial charge is 0.368 e. The molecule has 0 heterocycles. The first-order valence-electron chi connectivity index (χ1n) is 6.85. The predicted molar refractivity (Wildman–Crippen MR) is 81.4 cm³/mol. The smallest absolute Gasteiger partial charge is 0.0643 e. The average molecular weight is 269 g/mol. The van der Waals surface area contributed by atoms with Crippen LogP contribution in [0.3, 0.4) is 0 Å². The van der Waals surface area contributed by atoms with E-state index in [-0.39, 0.29) is 0 Å². The summed E-state index contributed by atoms with van der Waals surface area (Å²) in [5.41, 5.74) is 8.08. The number of unbranched alkanes of at least 4 members (excludes halogenated alkanes) is 2. The van der Waals surface area contributed by atoms with E-state index in [0.29, 0.717) is 12.6 Å². The summed E-state index contributed by atoms with van der Waals surface area (Å²) in [6, 6.07) is 6.42. The molecule has 3 heteroatoms. The van der Waals surface area contributed by atoms with Crippen molar-refractivity contribution in [1.29, 1.82) is 0 Å². The minimum atomic E-state index is 0.437. The lowest BCUT2D eigenvalue weighted by atomic mass is 10.1. The number of anilines is 1. The van der Waals surface area contributed by atoms with E-state index in [1.54, 1.807) is 0 Å². The van der Waals surface area contributed by atoms with Gasteiger partial charge in [-0.1, -0.05) is 43.5 Å². The van der Waals surface area contributed by atoms with Crippen LogP contribution < -0.4 is 10.6 Å². The van der Waals surface area contributed by atoms with Crippen molar-refractivity contribution < 1.29 is 0 Å². The SMILES string of the molecule is CCCCCN(c1c(Cl)cccc1CN)C(C)C. The summed E-state index contributed by atoms with van der Waals surface area (Å²) in [4.78, 5) is 2.38. The van der Waals surface area contributed by atoms with Crippen molar-refractivity contribution in [3.8, 4) is 0 Å². The molecule has 18 heavy (non-hydrogen) atoms. The van der Waals surface area contributed by atoms with Gasteiger partial charge < -0.3 is 10.6 Å². The summed E-state index contributed by atoms with van der Waals surface area (Å²) >= 11 is 6.36.